The van der Waals surface area contributed by atoms with Crippen LogP contribution in [0.15, 0.2) is 72.8 Å². The first-order valence-corrected chi connectivity index (χ1v) is 9.14. The maximum Gasteiger partial charge on any atom is 0.259 e. The van der Waals surface area contributed by atoms with Crippen molar-refractivity contribution in [3.05, 3.63) is 78.4 Å². The number of methoxy groups -OCH3 is 2. The molecule has 0 heterocycles. The number of carbonyl (C=O) groups excluding carboxylic acids is 1. The highest BCUT2D eigenvalue weighted by Crippen LogP contribution is 2.30. The van der Waals surface area contributed by atoms with Crippen molar-refractivity contribution in [2.45, 2.75) is 0 Å². The fourth-order valence-corrected chi connectivity index (χ4v) is 2.71. The van der Waals surface area contributed by atoms with Crippen LogP contribution < -0.4 is 24.3 Å². The van der Waals surface area contributed by atoms with Crippen LogP contribution in [-0.4, -0.2) is 33.3 Å². The van der Waals surface area contributed by atoms with E-state index in [1.807, 2.05) is 36.4 Å². The quantitative estimate of drug-likeness (QED) is 0.546. The molecule has 0 aliphatic rings. The van der Waals surface area contributed by atoms with Crippen LogP contribution in [0.4, 0.5) is 5.69 Å². The molecule has 0 unspecified atom stereocenters. The van der Waals surface area contributed by atoms with E-state index in [1.54, 1.807) is 50.6 Å². The van der Waals surface area contributed by atoms with Gasteiger partial charge in [-0.2, -0.15) is 0 Å². The molecular weight excluding hydrogens is 370 g/mol. The average molecular weight is 393 g/mol. The number of amides is 1. The molecule has 3 aromatic carbocycles. The molecule has 0 aliphatic heterocycles. The number of ether oxygens (including phenoxy) is 4. The van der Waals surface area contributed by atoms with Gasteiger partial charge >= 0.3 is 0 Å². The zero-order valence-electron chi connectivity index (χ0n) is 16.4. The van der Waals surface area contributed by atoms with Gasteiger partial charge in [0.1, 0.15) is 36.2 Å². The van der Waals surface area contributed by atoms with Crippen molar-refractivity contribution in [1.29, 1.82) is 0 Å². The summed E-state index contributed by atoms with van der Waals surface area (Å²) in [5.41, 5.74) is 0.927. The molecule has 0 atom stereocenters. The normalized spacial score (nSPS) is 10.1. The van der Waals surface area contributed by atoms with E-state index in [2.05, 4.69) is 5.32 Å². The number of rotatable bonds is 9. The minimum Gasteiger partial charge on any atom is -0.497 e. The second kappa shape index (κ2) is 10.0. The summed E-state index contributed by atoms with van der Waals surface area (Å²) in [5, 5.41) is 2.85. The lowest BCUT2D eigenvalue weighted by Crippen LogP contribution is -2.16. The maximum atomic E-state index is 12.8. The van der Waals surface area contributed by atoms with Gasteiger partial charge in [0.05, 0.1) is 25.5 Å². The standard InChI is InChI=1S/C23H23NO5/c1-26-18-12-13-22(27-2)20(16-18)24-23(25)19-10-6-7-11-21(19)29-15-14-28-17-8-4-3-5-9-17/h3-13,16H,14-15H2,1-2H3,(H,24,25). The number of para-hydroxylation sites is 2. The lowest BCUT2D eigenvalue weighted by molar-refractivity contribution is 0.102. The fourth-order valence-electron chi connectivity index (χ4n) is 2.71. The molecule has 6 heteroatoms. The molecule has 1 amide bonds. The number of benzene rings is 3. The number of hydrogen-bond donors (Lipinski definition) is 1. The van der Waals surface area contributed by atoms with E-state index in [-0.39, 0.29) is 5.91 Å². The molecular formula is C23H23NO5. The summed E-state index contributed by atoms with van der Waals surface area (Å²) in [5.74, 6) is 2.09. The number of nitrogens with one attached hydrogen (secondary N) is 1. The van der Waals surface area contributed by atoms with E-state index in [9.17, 15) is 4.79 Å². The Kier molecular flexibility index (Phi) is 6.95. The van der Waals surface area contributed by atoms with Crippen molar-refractivity contribution in [3.63, 3.8) is 0 Å². The van der Waals surface area contributed by atoms with E-state index in [0.29, 0.717) is 41.7 Å². The molecule has 0 spiro atoms. The maximum absolute atomic E-state index is 12.8. The topological polar surface area (TPSA) is 66.0 Å². The van der Waals surface area contributed by atoms with Gasteiger partial charge in [-0.15, -0.1) is 0 Å². The van der Waals surface area contributed by atoms with Gasteiger partial charge in [0.15, 0.2) is 0 Å². The Labute approximate surface area is 170 Å². The lowest BCUT2D eigenvalue weighted by Gasteiger charge is -2.14. The Morgan fingerprint density at radius 3 is 2.24 bits per heavy atom. The summed E-state index contributed by atoms with van der Waals surface area (Å²) in [7, 11) is 3.11. The molecule has 0 fully saturated rings. The van der Waals surface area contributed by atoms with Crippen molar-refractivity contribution in [3.8, 4) is 23.0 Å². The van der Waals surface area contributed by atoms with Crippen LogP contribution >= 0.6 is 0 Å². The summed E-state index contributed by atoms with van der Waals surface area (Å²) >= 11 is 0. The highest BCUT2D eigenvalue weighted by atomic mass is 16.5. The largest absolute Gasteiger partial charge is 0.497 e. The summed E-state index contributed by atoms with van der Waals surface area (Å²) in [4.78, 5) is 12.8. The summed E-state index contributed by atoms with van der Waals surface area (Å²) < 4.78 is 21.9. The Bertz CT molecular complexity index is 943. The van der Waals surface area contributed by atoms with E-state index in [1.165, 1.54) is 0 Å². The minimum atomic E-state index is -0.309. The molecule has 6 nitrogen and oxygen atoms in total. The smallest absolute Gasteiger partial charge is 0.259 e. The highest BCUT2D eigenvalue weighted by molar-refractivity contribution is 6.07. The Hall–Kier alpha value is -3.67. The average Bonchev–Trinajstić information content (AvgIpc) is 2.77. The van der Waals surface area contributed by atoms with Crippen LogP contribution in [0.1, 0.15) is 10.4 Å². The molecule has 0 aromatic heterocycles. The molecule has 0 saturated heterocycles. The second-order valence-electron chi connectivity index (χ2n) is 6.03. The van der Waals surface area contributed by atoms with Crippen LogP contribution in [0.2, 0.25) is 0 Å². The van der Waals surface area contributed by atoms with Crippen LogP contribution in [0, 0.1) is 0 Å². The Morgan fingerprint density at radius 2 is 1.48 bits per heavy atom. The molecule has 1 N–H and O–H groups in total. The van der Waals surface area contributed by atoms with Crippen molar-refractivity contribution in [2.75, 3.05) is 32.8 Å². The SMILES string of the molecule is COc1ccc(OC)c(NC(=O)c2ccccc2OCCOc2ccccc2)c1. The van der Waals surface area contributed by atoms with Crippen molar-refractivity contribution >= 4 is 11.6 Å². The van der Waals surface area contributed by atoms with E-state index in [0.717, 1.165) is 5.75 Å². The van der Waals surface area contributed by atoms with Crippen LogP contribution in [0.3, 0.4) is 0 Å². The Morgan fingerprint density at radius 1 is 0.759 bits per heavy atom. The van der Waals surface area contributed by atoms with Crippen LogP contribution in [0.5, 0.6) is 23.0 Å². The third-order valence-electron chi connectivity index (χ3n) is 4.14. The van der Waals surface area contributed by atoms with Crippen LogP contribution in [0.25, 0.3) is 0 Å². The molecule has 3 rings (SSSR count). The summed E-state index contributed by atoms with van der Waals surface area (Å²) in [6.07, 6.45) is 0. The third kappa shape index (κ3) is 5.42. The molecule has 150 valence electrons. The first-order valence-electron chi connectivity index (χ1n) is 9.14. The van der Waals surface area contributed by atoms with Crippen molar-refractivity contribution in [2.24, 2.45) is 0 Å². The number of carbonyl (C=O) groups is 1. The predicted octanol–water partition coefficient (Wildman–Crippen LogP) is 4.41. The van der Waals surface area contributed by atoms with Gasteiger partial charge in [-0.25, -0.2) is 0 Å². The fraction of sp³-hybridized carbons (Fsp3) is 0.174. The zero-order valence-corrected chi connectivity index (χ0v) is 16.4. The van der Waals surface area contributed by atoms with E-state index < -0.39 is 0 Å². The third-order valence-corrected chi connectivity index (χ3v) is 4.14. The molecule has 0 bridgehead atoms. The van der Waals surface area contributed by atoms with E-state index in [4.69, 9.17) is 18.9 Å². The Balaban J connectivity index is 1.66. The monoisotopic (exact) mass is 393 g/mol. The van der Waals surface area contributed by atoms with Gasteiger partial charge in [-0.1, -0.05) is 30.3 Å². The first kappa shape index (κ1) is 20.1. The van der Waals surface area contributed by atoms with Gasteiger partial charge < -0.3 is 24.3 Å². The van der Waals surface area contributed by atoms with E-state index >= 15 is 0 Å². The highest BCUT2D eigenvalue weighted by Gasteiger charge is 2.15. The van der Waals surface area contributed by atoms with Crippen LogP contribution in [-0.2, 0) is 0 Å². The molecule has 29 heavy (non-hydrogen) atoms. The molecule has 0 saturated carbocycles. The van der Waals surface area contributed by atoms with Crippen molar-refractivity contribution < 1.29 is 23.7 Å². The van der Waals surface area contributed by atoms with Gasteiger partial charge in [0.25, 0.3) is 5.91 Å². The first-order chi connectivity index (χ1) is 14.2. The van der Waals surface area contributed by atoms with Gasteiger partial charge in [-0.05, 0) is 36.4 Å². The molecule has 0 aliphatic carbocycles. The van der Waals surface area contributed by atoms with Gasteiger partial charge in [-0.3, -0.25) is 4.79 Å². The summed E-state index contributed by atoms with van der Waals surface area (Å²) in [6.45, 7) is 0.672. The predicted molar refractivity (Wildman–Crippen MR) is 111 cm³/mol. The molecule has 3 aromatic rings. The second-order valence-corrected chi connectivity index (χ2v) is 6.03. The summed E-state index contributed by atoms with van der Waals surface area (Å²) in [6, 6.07) is 21.7. The van der Waals surface area contributed by atoms with Gasteiger partial charge in [0, 0.05) is 6.07 Å². The molecule has 0 radical (unpaired) electrons. The zero-order chi connectivity index (χ0) is 20.5. The minimum absolute atomic E-state index is 0.307. The number of hydrogen-bond acceptors (Lipinski definition) is 5. The number of anilines is 1. The van der Waals surface area contributed by atoms with Crippen molar-refractivity contribution in [1.82, 2.24) is 0 Å². The lowest BCUT2D eigenvalue weighted by atomic mass is 10.1. The van der Waals surface area contributed by atoms with Gasteiger partial charge in [0.2, 0.25) is 0 Å².